The highest BCUT2D eigenvalue weighted by Gasteiger charge is 2.05. The molecule has 0 atom stereocenters. The third-order valence-corrected chi connectivity index (χ3v) is 2.45. The lowest BCUT2D eigenvalue weighted by Gasteiger charge is -2.07. The second-order valence-corrected chi connectivity index (χ2v) is 3.77. The van der Waals surface area contributed by atoms with E-state index in [0.717, 1.165) is 11.3 Å². The van der Waals surface area contributed by atoms with E-state index >= 15 is 0 Å². The number of carbonyl (C=O) groups excluding carboxylic acids is 1. The molecule has 0 aliphatic carbocycles. The van der Waals surface area contributed by atoms with Crippen LogP contribution in [-0.2, 0) is 0 Å². The first-order valence-corrected chi connectivity index (χ1v) is 5.24. The lowest BCUT2D eigenvalue weighted by Crippen LogP contribution is -2.12. The fourth-order valence-electron chi connectivity index (χ4n) is 1.45. The Morgan fingerprint density at radius 1 is 1.35 bits per heavy atom. The molecular weight excluding hydrogens is 214 g/mol. The summed E-state index contributed by atoms with van der Waals surface area (Å²) in [5.74, 6) is -0.178. The van der Waals surface area contributed by atoms with Crippen molar-refractivity contribution in [1.82, 2.24) is 4.98 Å². The first-order valence-electron chi connectivity index (χ1n) is 5.24. The van der Waals surface area contributed by atoms with Crippen LogP contribution in [-0.4, -0.2) is 10.9 Å². The monoisotopic (exact) mass is 227 g/mol. The number of rotatable bonds is 2. The Hall–Kier alpha value is -2.36. The summed E-state index contributed by atoms with van der Waals surface area (Å²) >= 11 is 0. The van der Waals surface area contributed by atoms with Crippen molar-refractivity contribution < 1.29 is 4.79 Å². The summed E-state index contributed by atoms with van der Waals surface area (Å²) in [6, 6.07) is 8.82. The number of aryl methyl sites for hydroxylation is 1. The van der Waals surface area contributed by atoms with Crippen molar-refractivity contribution in [3.8, 4) is 0 Å². The number of nitrogen functional groups attached to an aromatic ring is 1. The molecule has 1 aromatic heterocycles. The van der Waals surface area contributed by atoms with E-state index in [2.05, 4.69) is 10.3 Å². The number of hydrogen-bond donors (Lipinski definition) is 2. The van der Waals surface area contributed by atoms with Crippen LogP contribution in [0.5, 0.6) is 0 Å². The average molecular weight is 227 g/mol. The lowest BCUT2D eigenvalue weighted by atomic mass is 10.2. The van der Waals surface area contributed by atoms with E-state index in [0.29, 0.717) is 11.3 Å². The number of amides is 1. The number of nitrogens with zero attached hydrogens (tertiary/aromatic N) is 1. The number of nitrogens with two attached hydrogens (primary N) is 1. The van der Waals surface area contributed by atoms with Gasteiger partial charge in [-0.2, -0.15) is 0 Å². The molecule has 0 bridgehead atoms. The van der Waals surface area contributed by atoms with Crippen molar-refractivity contribution >= 4 is 17.3 Å². The fraction of sp³-hybridized carbons (Fsp3) is 0.0769. The maximum absolute atomic E-state index is 11.8. The molecule has 0 radical (unpaired) electrons. The van der Waals surface area contributed by atoms with Crippen molar-refractivity contribution in [2.75, 3.05) is 11.1 Å². The van der Waals surface area contributed by atoms with Crippen molar-refractivity contribution in [2.24, 2.45) is 0 Å². The average Bonchev–Trinajstić information content (AvgIpc) is 2.35. The molecule has 4 nitrogen and oxygen atoms in total. The maximum Gasteiger partial charge on any atom is 0.257 e. The summed E-state index contributed by atoms with van der Waals surface area (Å²) in [6.45, 7) is 1.90. The summed E-state index contributed by atoms with van der Waals surface area (Å²) in [5, 5.41) is 2.79. The molecule has 17 heavy (non-hydrogen) atoms. The second kappa shape index (κ2) is 4.65. The predicted octanol–water partition coefficient (Wildman–Crippen LogP) is 2.22. The van der Waals surface area contributed by atoms with Gasteiger partial charge in [-0.1, -0.05) is 0 Å². The van der Waals surface area contributed by atoms with Gasteiger partial charge in [-0.3, -0.25) is 9.78 Å². The van der Waals surface area contributed by atoms with Crippen LogP contribution < -0.4 is 11.1 Å². The highest BCUT2D eigenvalue weighted by molar-refractivity contribution is 6.04. The summed E-state index contributed by atoms with van der Waals surface area (Å²) < 4.78 is 0. The molecule has 2 rings (SSSR count). The largest absolute Gasteiger partial charge is 0.399 e. The molecule has 0 unspecified atom stereocenters. The Morgan fingerprint density at radius 2 is 2.18 bits per heavy atom. The quantitative estimate of drug-likeness (QED) is 0.773. The molecule has 86 valence electrons. The fourth-order valence-corrected chi connectivity index (χ4v) is 1.45. The summed E-state index contributed by atoms with van der Waals surface area (Å²) in [7, 11) is 0. The molecule has 0 saturated carbocycles. The molecular formula is C13H13N3O. The van der Waals surface area contributed by atoms with Gasteiger partial charge < -0.3 is 11.1 Å². The second-order valence-electron chi connectivity index (χ2n) is 3.77. The molecule has 0 spiro atoms. The molecule has 4 heteroatoms. The molecule has 1 amide bonds. The van der Waals surface area contributed by atoms with E-state index in [4.69, 9.17) is 5.73 Å². The van der Waals surface area contributed by atoms with Gasteiger partial charge in [0.1, 0.15) is 0 Å². The van der Waals surface area contributed by atoms with Crippen LogP contribution in [0.3, 0.4) is 0 Å². The summed E-state index contributed by atoms with van der Waals surface area (Å²) in [5.41, 5.74) is 8.62. The Labute approximate surface area is 99.5 Å². The van der Waals surface area contributed by atoms with Gasteiger partial charge >= 0.3 is 0 Å². The number of nitrogens with one attached hydrogen (secondary N) is 1. The number of carbonyl (C=O) groups is 1. The highest BCUT2D eigenvalue weighted by atomic mass is 16.1. The molecule has 0 saturated heterocycles. The van der Waals surface area contributed by atoms with E-state index in [1.807, 2.05) is 13.0 Å². The van der Waals surface area contributed by atoms with Gasteiger partial charge in [0.2, 0.25) is 0 Å². The molecule has 0 aliphatic rings. The number of pyridine rings is 1. The zero-order valence-electron chi connectivity index (χ0n) is 9.47. The summed E-state index contributed by atoms with van der Waals surface area (Å²) in [6.07, 6.45) is 3.16. The van der Waals surface area contributed by atoms with E-state index in [1.165, 1.54) is 6.20 Å². The van der Waals surface area contributed by atoms with Crippen LogP contribution in [0, 0.1) is 6.92 Å². The standard InChI is InChI=1S/C13H13N3O/c1-9-7-11(4-5-12(9)14)16-13(17)10-3-2-6-15-8-10/h2-8H,14H2,1H3,(H,16,17). The van der Waals surface area contributed by atoms with Crippen molar-refractivity contribution in [1.29, 1.82) is 0 Å². The maximum atomic E-state index is 11.8. The first-order chi connectivity index (χ1) is 8.16. The van der Waals surface area contributed by atoms with E-state index in [-0.39, 0.29) is 5.91 Å². The Kier molecular flexibility index (Phi) is 3.05. The van der Waals surface area contributed by atoms with Crippen LogP contribution in [0.4, 0.5) is 11.4 Å². The molecule has 0 fully saturated rings. The van der Waals surface area contributed by atoms with Gasteiger partial charge in [0.05, 0.1) is 5.56 Å². The topological polar surface area (TPSA) is 68.0 Å². The van der Waals surface area contributed by atoms with Gasteiger partial charge in [0.15, 0.2) is 0 Å². The van der Waals surface area contributed by atoms with Crippen molar-refractivity contribution in [3.63, 3.8) is 0 Å². The number of aromatic nitrogens is 1. The van der Waals surface area contributed by atoms with Gasteiger partial charge in [-0.15, -0.1) is 0 Å². The Morgan fingerprint density at radius 3 is 2.82 bits per heavy atom. The Balaban J connectivity index is 2.16. The van der Waals surface area contributed by atoms with Crippen LogP contribution >= 0.6 is 0 Å². The van der Waals surface area contributed by atoms with Crippen molar-refractivity contribution in [3.05, 3.63) is 53.9 Å². The zero-order chi connectivity index (χ0) is 12.3. The van der Waals surface area contributed by atoms with Crippen LogP contribution in [0.15, 0.2) is 42.7 Å². The third-order valence-electron chi connectivity index (χ3n) is 2.45. The van der Waals surface area contributed by atoms with Gasteiger partial charge in [-0.25, -0.2) is 0 Å². The molecule has 1 heterocycles. The highest BCUT2D eigenvalue weighted by Crippen LogP contribution is 2.17. The lowest BCUT2D eigenvalue weighted by molar-refractivity contribution is 0.102. The minimum absolute atomic E-state index is 0.178. The van der Waals surface area contributed by atoms with Gasteiger partial charge in [0, 0.05) is 23.8 Å². The summed E-state index contributed by atoms with van der Waals surface area (Å²) in [4.78, 5) is 15.7. The van der Waals surface area contributed by atoms with Gasteiger partial charge in [0.25, 0.3) is 5.91 Å². The molecule has 1 aromatic carbocycles. The first kappa shape index (κ1) is 11.1. The third kappa shape index (κ3) is 2.60. The van der Waals surface area contributed by atoms with Crippen LogP contribution in [0.25, 0.3) is 0 Å². The van der Waals surface area contributed by atoms with Gasteiger partial charge in [-0.05, 0) is 42.8 Å². The number of hydrogen-bond acceptors (Lipinski definition) is 3. The Bertz CT molecular complexity index is 538. The number of anilines is 2. The zero-order valence-corrected chi connectivity index (χ0v) is 9.47. The van der Waals surface area contributed by atoms with Crippen LogP contribution in [0.1, 0.15) is 15.9 Å². The normalized spacial score (nSPS) is 9.94. The molecule has 3 N–H and O–H groups in total. The minimum Gasteiger partial charge on any atom is -0.399 e. The van der Waals surface area contributed by atoms with E-state index < -0.39 is 0 Å². The van der Waals surface area contributed by atoms with E-state index in [9.17, 15) is 4.79 Å². The SMILES string of the molecule is Cc1cc(NC(=O)c2cccnc2)ccc1N. The van der Waals surface area contributed by atoms with Crippen LogP contribution in [0.2, 0.25) is 0 Å². The van der Waals surface area contributed by atoms with Crippen molar-refractivity contribution in [2.45, 2.75) is 6.92 Å². The predicted molar refractivity (Wildman–Crippen MR) is 67.8 cm³/mol. The molecule has 0 aliphatic heterocycles. The van der Waals surface area contributed by atoms with E-state index in [1.54, 1.807) is 30.5 Å². The molecule has 2 aromatic rings. The minimum atomic E-state index is -0.178. The number of benzene rings is 1. The smallest absolute Gasteiger partial charge is 0.257 e.